The van der Waals surface area contributed by atoms with Gasteiger partial charge in [0, 0.05) is 41.8 Å². The van der Waals surface area contributed by atoms with Gasteiger partial charge in [-0.25, -0.2) is 9.78 Å². The van der Waals surface area contributed by atoms with Gasteiger partial charge in [-0.15, -0.1) is 0 Å². The third-order valence-corrected chi connectivity index (χ3v) is 6.74. The first-order chi connectivity index (χ1) is 18.4. The zero-order valence-corrected chi connectivity index (χ0v) is 20.2. The van der Waals surface area contributed by atoms with E-state index in [0.717, 1.165) is 5.56 Å². The third kappa shape index (κ3) is 3.84. The van der Waals surface area contributed by atoms with Gasteiger partial charge >= 0.3 is 6.03 Å². The highest BCUT2D eigenvalue weighted by Crippen LogP contribution is 2.34. The van der Waals surface area contributed by atoms with Gasteiger partial charge in [-0.3, -0.25) is 24.7 Å². The van der Waals surface area contributed by atoms with Crippen LogP contribution in [0.3, 0.4) is 0 Å². The molecule has 2 N–H and O–H groups in total. The molecule has 5 heterocycles. The van der Waals surface area contributed by atoms with E-state index in [1.54, 1.807) is 54.7 Å². The molecule has 6 rings (SSSR count). The SMILES string of the molecule is COc1ccc2c(c1)C(=O)N(C[C@@]1(c3cc4nc(CC(=O)c5cccnc5)ccc4o3)NC(=O)NC1=O)C2. The van der Waals surface area contributed by atoms with E-state index in [-0.39, 0.29) is 37.0 Å². The van der Waals surface area contributed by atoms with Crippen LogP contribution in [0, 0.1) is 0 Å². The van der Waals surface area contributed by atoms with Crippen LogP contribution >= 0.6 is 0 Å². The van der Waals surface area contributed by atoms with Crippen LogP contribution in [0.5, 0.6) is 5.75 Å². The van der Waals surface area contributed by atoms with Gasteiger partial charge in [-0.1, -0.05) is 6.07 Å². The van der Waals surface area contributed by atoms with E-state index < -0.39 is 17.5 Å². The Labute approximate surface area is 215 Å². The van der Waals surface area contributed by atoms with E-state index in [4.69, 9.17) is 9.15 Å². The number of hydrogen-bond donors (Lipinski definition) is 2. The third-order valence-electron chi connectivity index (χ3n) is 6.74. The fourth-order valence-electron chi connectivity index (χ4n) is 4.80. The second-order valence-electron chi connectivity index (χ2n) is 9.14. The van der Waals surface area contributed by atoms with Crippen LogP contribution in [-0.4, -0.2) is 52.2 Å². The standard InChI is InChI=1S/C27H21N5O6/c1-37-18-6-4-16-13-32(24(34)19(16)10-18)14-27(25(35)30-26(36)31-27)23-11-20-22(38-23)7-5-17(29-20)9-21(33)15-3-2-8-28-12-15/h2-8,10-12H,9,13-14H2,1H3,(H2,30,31,35,36)/t27-/m0/s1. The largest absolute Gasteiger partial charge is 0.497 e. The minimum Gasteiger partial charge on any atom is -0.497 e. The molecule has 1 fully saturated rings. The number of nitrogens with zero attached hydrogens (tertiary/aromatic N) is 3. The molecule has 0 spiro atoms. The second kappa shape index (κ2) is 8.80. The zero-order valence-electron chi connectivity index (χ0n) is 20.2. The number of carbonyl (C=O) groups excluding carboxylic acids is 4. The quantitative estimate of drug-likeness (QED) is 0.284. The first-order valence-electron chi connectivity index (χ1n) is 11.8. The molecule has 0 aliphatic carbocycles. The van der Waals surface area contributed by atoms with Crippen molar-refractivity contribution in [3.63, 3.8) is 0 Å². The number of furan rings is 1. The number of fused-ring (bicyclic) bond motifs is 2. The number of hydrogen-bond acceptors (Lipinski definition) is 8. The summed E-state index contributed by atoms with van der Waals surface area (Å²) in [6.45, 7) is 0.0920. The molecule has 4 amide bonds. The first-order valence-corrected chi connectivity index (χ1v) is 11.8. The lowest BCUT2D eigenvalue weighted by Gasteiger charge is -2.28. The topological polar surface area (TPSA) is 144 Å². The van der Waals surface area contributed by atoms with Gasteiger partial charge in [0.25, 0.3) is 11.8 Å². The molecule has 0 radical (unpaired) electrons. The van der Waals surface area contributed by atoms with Gasteiger partial charge in [-0.2, -0.15) is 0 Å². The lowest BCUT2D eigenvalue weighted by molar-refractivity contribution is -0.125. The molecule has 190 valence electrons. The summed E-state index contributed by atoms with van der Waals surface area (Å²) in [4.78, 5) is 61.2. The number of aromatic nitrogens is 2. The van der Waals surface area contributed by atoms with E-state index in [1.165, 1.54) is 18.2 Å². The number of pyridine rings is 2. The summed E-state index contributed by atoms with van der Waals surface area (Å²) < 4.78 is 11.2. The summed E-state index contributed by atoms with van der Waals surface area (Å²) in [6.07, 6.45) is 3.14. The maximum atomic E-state index is 13.2. The highest BCUT2D eigenvalue weighted by molar-refractivity contribution is 6.08. The first kappa shape index (κ1) is 23.3. The molecule has 1 saturated heterocycles. The van der Waals surface area contributed by atoms with Crippen LogP contribution < -0.4 is 15.4 Å². The Morgan fingerprint density at radius 1 is 1.16 bits per heavy atom. The number of imide groups is 1. The van der Waals surface area contributed by atoms with Crippen LogP contribution in [0.2, 0.25) is 0 Å². The van der Waals surface area contributed by atoms with Crippen LogP contribution in [-0.2, 0) is 23.3 Å². The van der Waals surface area contributed by atoms with Gasteiger partial charge in [0.2, 0.25) is 0 Å². The van der Waals surface area contributed by atoms with Gasteiger partial charge < -0.3 is 19.4 Å². The lowest BCUT2D eigenvalue weighted by Crippen LogP contribution is -2.52. The van der Waals surface area contributed by atoms with E-state index in [1.807, 2.05) is 0 Å². The number of Topliss-reactive ketones (excluding diaryl/α,β-unsaturated/α-hetero) is 1. The van der Waals surface area contributed by atoms with Crippen molar-refractivity contribution in [2.45, 2.75) is 18.5 Å². The normalized spacial score (nSPS) is 18.4. The van der Waals surface area contributed by atoms with Gasteiger partial charge in [0.15, 0.2) is 16.9 Å². The Kier molecular flexibility index (Phi) is 5.41. The van der Waals surface area contributed by atoms with Crippen molar-refractivity contribution in [1.82, 2.24) is 25.5 Å². The van der Waals surface area contributed by atoms with Crippen molar-refractivity contribution in [2.75, 3.05) is 13.7 Å². The second-order valence-corrected chi connectivity index (χ2v) is 9.14. The fourth-order valence-corrected chi connectivity index (χ4v) is 4.80. The molecule has 3 aromatic heterocycles. The van der Waals surface area contributed by atoms with Crippen molar-refractivity contribution in [2.24, 2.45) is 0 Å². The summed E-state index contributed by atoms with van der Waals surface area (Å²) >= 11 is 0. The number of nitrogens with one attached hydrogen (secondary N) is 2. The number of urea groups is 1. The minimum atomic E-state index is -1.66. The maximum absolute atomic E-state index is 13.2. The molecule has 0 unspecified atom stereocenters. The number of ketones is 1. The van der Waals surface area contributed by atoms with E-state index in [9.17, 15) is 19.2 Å². The van der Waals surface area contributed by atoms with Gasteiger partial charge in [0.1, 0.15) is 17.0 Å². The number of benzene rings is 1. The summed E-state index contributed by atoms with van der Waals surface area (Å²) in [5.41, 5.74) is 1.35. The highest BCUT2D eigenvalue weighted by Gasteiger charge is 2.53. The Morgan fingerprint density at radius 3 is 2.76 bits per heavy atom. The van der Waals surface area contributed by atoms with Crippen molar-refractivity contribution >= 4 is 34.7 Å². The molecule has 2 aliphatic heterocycles. The number of ether oxygens (including phenoxy) is 1. The van der Waals surface area contributed by atoms with Crippen LogP contribution in [0.1, 0.15) is 37.7 Å². The van der Waals surface area contributed by atoms with E-state index in [2.05, 4.69) is 20.6 Å². The average molecular weight is 511 g/mol. The molecule has 4 aromatic rings. The average Bonchev–Trinajstić information content (AvgIpc) is 3.57. The van der Waals surface area contributed by atoms with Gasteiger partial charge in [0.05, 0.1) is 20.1 Å². The predicted octanol–water partition coefficient (Wildman–Crippen LogP) is 2.35. The molecule has 1 aromatic carbocycles. The molecule has 11 heteroatoms. The van der Waals surface area contributed by atoms with Crippen molar-refractivity contribution in [3.8, 4) is 5.75 Å². The van der Waals surface area contributed by atoms with Crippen molar-refractivity contribution < 1.29 is 28.3 Å². The Hall–Kier alpha value is -5.06. The molecule has 0 saturated carbocycles. The summed E-state index contributed by atoms with van der Waals surface area (Å²) in [6, 6.07) is 12.8. The van der Waals surface area contributed by atoms with Crippen LogP contribution in [0.25, 0.3) is 11.1 Å². The monoisotopic (exact) mass is 511 g/mol. The van der Waals surface area contributed by atoms with Crippen molar-refractivity contribution in [1.29, 1.82) is 0 Å². The summed E-state index contributed by atoms with van der Waals surface area (Å²) in [7, 11) is 1.52. The maximum Gasteiger partial charge on any atom is 0.322 e. The zero-order chi connectivity index (χ0) is 26.4. The van der Waals surface area contributed by atoms with Crippen LogP contribution in [0.4, 0.5) is 4.79 Å². The van der Waals surface area contributed by atoms with Crippen LogP contribution in [0.15, 0.2) is 65.3 Å². The molecule has 2 aliphatic rings. The molecule has 11 nitrogen and oxygen atoms in total. The fraction of sp³-hybridized carbons (Fsp3) is 0.185. The highest BCUT2D eigenvalue weighted by atomic mass is 16.5. The van der Waals surface area contributed by atoms with E-state index in [0.29, 0.717) is 33.7 Å². The van der Waals surface area contributed by atoms with Gasteiger partial charge in [-0.05, 0) is 42.0 Å². The Balaban J connectivity index is 1.31. The summed E-state index contributed by atoms with van der Waals surface area (Å²) in [5.74, 6) is -0.411. The minimum absolute atomic E-state index is 0.0501. The molecular weight excluding hydrogens is 490 g/mol. The lowest BCUT2D eigenvalue weighted by atomic mass is 9.95. The molecule has 38 heavy (non-hydrogen) atoms. The molecule has 1 atom stereocenters. The van der Waals surface area contributed by atoms with E-state index >= 15 is 0 Å². The number of carbonyl (C=O) groups is 4. The number of rotatable bonds is 7. The summed E-state index contributed by atoms with van der Waals surface area (Å²) in [5, 5.41) is 4.92. The molecule has 0 bridgehead atoms. The Bertz CT molecular complexity index is 1630. The number of amides is 4. The predicted molar refractivity (Wildman–Crippen MR) is 132 cm³/mol. The Morgan fingerprint density at radius 2 is 2.03 bits per heavy atom. The molecular formula is C27H21N5O6. The number of methoxy groups -OCH3 is 1. The van der Waals surface area contributed by atoms with Crippen molar-refractivity contribution in [3.05, 3.63) is 89.1 Å². The smallest absolute Gasteiger partial charge is 0.322 e.